The van der Waals surface area contributed by atoms with Gasteiger partial charge in [0.25, 0.3) is 0 Å². The number of hydrogen-bond donors (Lipinski definition) is 0. The average Bonchev–Trinajstić information content (AvgIpc) is 3.16. The maximum absolute atomic E-state index is 13.8. The van der Waals surface area contributed by atoms with Crippen LogP contribution in [0.15, 0.2) is 72.8 Å². The largest absolute Gasteiger partial charge is 0.493 e. The van der Waals surface area contributed by atoms with Crippen molar-refractivity contribution in [2.75, 3.05) is 13.2 Å². The molecule has 0 atom stereocenters. The molecule has 8 bridgehead atoms. The van der Waals surface area contributed by atoms with Crippen LogP contribution in [0.25, 0.3) is 0 Å². The van der Waals surface area contributed by atoms with Crippen LogP contribution in [-0.4, -0.2) is 25.2 Å². The highest BCUT2D eigenvalue weighted by atomic mass is 16.5. The molecule has 4 aromatic carbocycles. The Hall–Kier alpha value is -5.10. The van der Waals surface area contributed by atoms with Crippen molar-refractivity contribution in [1.82, 2.24) is 0 Å². The molecule has 64 heavy (non-hydrogen) atoms. The molecule has 0 saturated heterocycles. The topological polar surface area (TPSA) is 71.1 Å². The second-order valence-electron chi connectivity index (χ2n) is 22.2. The molecule has 0 unspecified atom stereocenters. The molecule has 1 aliphatic carbocycles. The van der Waals surface area contributed by atoms with E-state index in [9.17, 15) is 9.59 Å². The molecule has 6 nitrogen and oxygen atoms in total. The van der Waals surface area contributed by atoms with Crippen molar-refractivity contribution in [3.8, 4) is 23.0 Å². The summed E-state index contributed by atoms with van der Waals surface area (Å²) in [5.74, 6) is 1.71. The maximum Gasteiger partial charge on any atom is 0.338 e. The maximum atomic E-state index is 13.8. The number of rotatable bonds is 10. The van der Waals surface area contributed by atoms with Gasteiger partial charge in [-0.05, 0) is 92.9 Å². The Balaban J connectivity index is 2.07. The van der Waals surface area contributed by atoms with Gasteiger partial charge in [-0.3, -0.25) is 0 Å². The van der Waals surface area contributed by atoms with E-state index in [1.165, 1.54) is 0 Å². The smallest absolute Gasteiger partial charge is 0.338 e. The number of esters is 2. The molecule has 0 heterocycles. The molecule has 6 heteroatoms. The normalized spacial score (nSPS) is 13.2. The Bertz CT molecular complexity index is 2170. The molecular formula is C58H76O6. The minimum atomic E-state index is -0.469. The third-order valence-corrected chi connectivity index (χ3v) is 11.9. The molecule has 0 fully saturated rings. The highest BCUT2D eigenvalue weighted by Crippen LogP contribution is 2.44. The first-order valence-electron chi connectivity index (χ1n) is 23.3. The van der Waals surface area contributed by atoms with E-state index in [1.54, 1.807) is 13.8 Å². The van der Waals surface area contributed by atoms with Crippen molar-refractivity contribution in [3.63, 3.8) is 0 Å². The summed E-state index contributed by atoms with van der Waals surface area (Å²) in [6.45, 7) is 43.3. The Morgan fingerprint density at radius 3 is 0.797 bits per heavy atom. The van der Waals surface area contributed by atoms with Gasteiger partial charge in [-0.2, -0.15) is 0 Å². The van der Waals surface area contributed by atoms with Gasteiger partial charge in [0.1, 0.15) is 23.0 Å². The molecule has 0 spiro atoms. The van der Waals surface area contributed by atoms with Crippen molar-refractivity contribution in [1.29, 1.82) is 0 Å². The molecular weight excluding hydrogens is 793 g/mol. The van der Waals surface area contributed by atoms with E-state index in [1.807, 2.05) is 0 Å². The summed E-state index contributed by atoms with van der Waals surface area (Å²) >= 11 is 0. The lowest BCUT2D eigenvalue weighted by atomic mass is 9.79. The fraction of sp³-hybridized carbons (Fsp3) is 0.483. The van der Waals surface area contributed by atoms with Gasteiger partial charge in [-0.25, -0.2) is 9.59 Å². The Morgan fingerprint density at radius 1 is 0.422 bits per heavy atom. The first kappa shape index (κ1) is 49.9. The quantitative estimate of drug-likeness (QED) is 0.0791. The second kappa shape index (κ2) is 19.2. The van der Waals surface area contributed by atoms with Crippen LogP contribution < -0.4 is 18.9 Å². The molecule has 0 amide bonds. The Labute approximate surface area is 385 Å². The zero-order valence-electron chi connectivity index (χ0n) is 42.1. The van der Waals surface area contributed by atoms with Gasteiger partial charge >= 0.3 is 11.9 Å². The van der Waals surface area contributed by atoms with Gasteiger partial charge in [-0.15, -0.1) is 0 Å². The zero-order chi connectivity index (χ0) is 47.7. The molecule has 0 N–H and O–H groups in total. The highest BCUT2D eigenvalue weighted by Gasteiger charge is 2.30. The van der Waals surface area contributed by atoms with Crippen molar-refractivity contribution in [2.45, 2.75) is 171 Å². The third kappa shape index (κ3) is 11.8. The molecule has 5 rings (SSSR count). The number of fused-ring (bicyclic) bond motifs is 8. The zero-order valence-corrected chi connectivity index (χ0v) is 42.1. The fourth-order valence-corrected chi connectivity index (χ4v) is 8.02. The van der Waals surface area contributed by atoms with Crippen LogP contribution in [-0.2, 0) is 56.9 Å². The molecule has 0 aliphatic heterocycles. The monoisotopic (exact) mass is 869 g/mol. The number of carbonyl (C=O) groups is 2. The number of carbonyl (C=O) groups excluding carboxylic acids is 2. The molecule has 0 radical (unpaired) electrons. The predicted molar refractivity (Wildman–Crippen MR) is 264 cm³/mol. The Morgan fingerprint density at radius 2 is 0.625 bits per heavy atom. The first-order chi connectivity index (χ1) is 29.6. The van der Waals surface area contributed by atoms with E-state index in [-0.39, 0.29) is 21.7 Å². The van der Waals surface area contributed by atoms with Gasteiger partial charge < -0.3 is 18.9 Å². The van der Waals surface area contributed by atoms with Crippen molar-refractivity contribution >= 4 is 11.9 Å². The summed E-state index contributed by atoms with van der Waals surface area (Å²) in [6.07, 6.45) is 3.36. The van der Waals surface area contributed by atoms with E-state index in [4.69, 9.17) is 18.9 Å². The fourth-order valence-electron chi connectivity index (χ4n) is 8.02. The van der Waals surface area contributed by atoms with Gasteiger partial charge in [0.2, 0.25) is 0 Å². The average molecular weight is 869 g/mol. The summed E-state index contributed by atoms with van der Waals surface area (Å²) in [5.41, 5.74) is 11.8. The van der Waals surface area contributed by atoms with Crippen LogP contribution in [0.1, 0.15) is 190 Å². The van der Waals surface area contributed by atoms with E-state index < -0.39 is 11.9 Å². The summed E-state index contributed by atoms with van der Waals surface area (Å²) in [6, 6.07) is 17.9. The minimum absolute atomic E-state index is 0.225. The van der Waals surface area contributed by atoms with Gasteiger partial charge in [0.05, 0.1) is 13.2 Å². The molecule has 344 valence electrons. The minimum Gasteiger partial charge on any atom is -0.493 e. The van der Waals surface area contributed by atoms with Crippen molar-refractivity contribution in [3.05, 3.63) is 140 Å². The highest BCUT2D eigenvalue weighted by molar-refractivity contribution is 5.90. The SMILES string of the molecule is C=C(C)C(=O)Oc1c2cc(C(C)(C)C)cc1Cc1cc(C(C)(C)C)cc(c1OCCC)Cc1cc(C(C)(C)C)cc(c1OC(=O)C(=C)C)Cc1cc(C(C)(C)C)cc(c1OCCC)C2. The van der Waals surface area contributed by atoms with E-state index in [0.717, 1.165) is 91.1 Å². The van der Waals surface area contributed by atoms with Crippen molar-refractivity contribution < 1.29 is 28.5 Å². The van der Waals surface area contributed by atoms with Crippen molar-refractivity contribution in [2.24, 2.45) is 0 Å². The summed E-state index contributed by atoms with van der Waals surface area (Å²) < 4.78 is 26.7. The lowest BCUT2D eigenvalue weighted by Crippen LogP contribution is -2.19. The molecule has 0 saturated carbocycles. The molecule has 4 aromatic rings. The van der Waals surface area contributed by atoms with E-state index >= 15 is 0 Å². The van der Waals surface area contributed by atoms with E-state index in [0.29, 0.717) is 61.5 Å². The third-order valence-electron chi connectivity index (χ3n) is 11.9. The number of hydrogen-bond acceptors (Lipinski definition) is 6. The predicted octanol–water partition coefficient (Wildman–Crippen LogP) is 14.1. The van der Waals surface area contributed by atoms with Gasteiger partial charge in [0.15, 0.2) is 0 Å². The van der Waals surface area contributed by atoms with Crippen LogP contribution >= 0.6 is 0 Å². The summed E-state index contributed by atoms with van der Waals surface area (Å²) in [4.78, 5) is 27.5. The summed E-state index contributed by atoms with van der Waals surface area (Å²) in [7, 11) is 0. The lowest BCUT2D eigenvalue weighted by Gasteiger charge is -2.29. The second-order valence-corrected chi connectivity index (χ2v) is 22.2. The Kier molecular flexibility index (Phi) is 14.9. The molecule has 0 aromatic heterocycles. The van der Waals surface area contributed by atoms with Crippen LogP contribution in [0.5, 0.6) is 23.0 Å². The van der Waals surface area contributed by atoms with E-state index in [2.05, 4.69) is 159 Å². The molecule has 1 aliphatic rings. The van der Waals surface area contributed by atoms with Gasteiger partial charge in [0, 0.05) is 59.1 Å². The first-order valence-corrected chi connectivity index (χ1v) is 23.3. The standard InChI is InChI=1S/C58H76O6/c1-19-21-61-49-37-23-41-31-47(57(13,14)15)33-43(51(41)63-53(59)35(3)4)25-39-29-46(56(10,11)12)30-40(50(39)62-22-20-2)26-44-34-48(58(16,17)18)32-42(52(44)64-54(60)36(5)6)24-38(49)28-45(27-37)55(7,8)9/h27-34H,3,5,19-26H2,1-2,4,6-18H3. The number of ether oxygens (including phenoxy) is 4. The van der Waals surface area contributed by atoms with Gasteiger partial charge in [-0.1, -0.05) is 159 Å². The van der Waals surface area contributed by atoms with Crippen LogP contribution in [0.3, 0.4) is 0 Å². The van der Waals surface area contributed by atoms with Crippen LogP contribution in [0.2, 0.25) is 0 Å². The lowest BCUT2D eigenvalue weighted by molar-refractivity contribution is -0.131. The summed E-state index contributed by atoms with van der Waals surface area (Å²) in [5, 5.41) is 0. The van der Waals surface area contributed by atoms with Crippen LogP contribution in [0, 0.1) is 0 Å². The number of benzene rings is 4. The van der Waals surface area contributed by atoms with Crippen LogP contribution in [0.4, 0.5) is 0 Å².